The van der Waals surface area contributed by atoms with E-state index >= 15 is 4.39 Å². The first-order chi connectivity index (χ1) is 17.0. The molecule has 0 bridgehead atoms. The van der Waals surface area contributed by atoms with Gasteiger partial charge in [0, 0.05) is 30.8 Å². The van der Waals surface area contributed by atoms with E-state index in [0.29, 0.717) is 16.9 Å². The number of aromatic amines is 1. The van der Waals surface area contributed by atoms with Crippen molar-refractivity contribution >= 4 is 48.1 Å². The van der Waals surface area contributed by atoms with Crippen LogP contribution in [-0.4, -0.2) is 43.9 Å². The summed E-state index contributed by atoms with van der Waals surface area (Å²) in [6.07, 6.45) is 0.758. The molecule has 0 fully saturated rings. The predicted molar refractivity (Wildman–Crippen MR) is 148 cm³/mol. The molecule has 1 N–H and O–H groups in total. The van der Waals surface area contributed by atoms with Crippen LogP contribution in [0.2, 0.25) is 5.02 Å². The van der Waals surface area contributed by atoms with Gasteiger partial charge in [0.1, 0.15) is 31.9 Å². The van der Waals surface area contributed by atoms with Crippen molar-refractivity contribution in [2.24, 2.45) is 0 Å². The molecule has 2 aromatic rings. The van der Waals surface area contributed by atoms with Crippen molar-refractivity contribution < 1.29 is 22.7 Å². The van der Waals surface area contributed by atoms with Crippen molar-refractivity contribution in [3.05, 3.63) is 54.9 Å². The SMILES string of the molecule is [B]C([B])(OP1OCc2c(F)c(C(C)(C)C)cc(C(C)(C)C)c2O1)C(CCn1cc(Cl)c(=S)[nH]c1=O)OC. The average Bonchev–Trinajstić information content (AvgIpc) is 2.75. The van der Waals surface area contributed by atoms with Crippen LogP contribution in [0.15, 0.2) is 17.1 Å². The standard InChI is InChI=1S/C24H31B2ClFN2O5PS/c1-22(2,3)14-10-15(23(4,5)6)19-13(18(14)28)12-33-36(34-19)35-24(25,26)17(32-7)8-9-30-11-16(27)20(37)29-21(30)31/h10-11,17H,8-9,12H2,1-7H3,(H,29,31,37). The first-order valence-corrected chi connectivity index (χ1v) is 13.6. The molecule has 1 aromatic carbocycles. The van der Waals surface area contributed by atoms with Crippen LogP contribution in [0.1, 0.15) is 64.7 Å². The molecule has 2 unspecified atom stereocenters. The number of fused-ring (bicyclic) bond motifs is 1. The third kappa shape index (κ3) is 6.87. The summed E-state index contributed by atoms with van der Waals surface area (Å²) in [6, 6.07) is 1.84. The first-order valence-electron chi connectivity index (χ1n) is 11.7. The number of aryl methyl sites for hydroxylation is 1. The maximum Gasteiger partial charge on any atom is 0.396 e. The molecular weight excluding hydrogens is 535 g/mol. The fourth-order valence-corrected chi connectivity index (χ4v) is 5.33. The number of nitrogens with zero attached hydrogens (tertiary/aromatic N) is 1. The molecule has 1 aromatic heterocycles. The van der Waals surface area contributed by atoms with E-state index in [-0.39, 0.29) is 40.5 Å². The van der Waals surface area contributed by atoms with E-state index < -0.39 is 31.2 Å². The van der Waals surface area contributed by atoms with Crippen molar-refractivity contribution in [1.82, 2.24) is 9.55 Å². The van der Waals surface area contributed by atoms with E-state index in [1.54, 1.807) is 0 Å². The third-order valence-corrected chi connectivity index (χ3v) is 7.88. The molecule has 0 amide bonds. The minimum Gasteiger partial charge on any atom is -0.426 e. The average molecular weight is 567 g/mol. The summed E-state index contributed by atoms with van der Waals surface area (Å²) in [5.41, 5.74) is 0.548. The lowest BCUT2D eigenvalue weighted by Crippen LogP contribution is -2.47. The summed E-state index contributed by atoms with van der Waals surface area (Å²) in [6.45, 7) is 12.0. The summed E-state index contributed by atoms with van der Waals surface area (Å²) >= 11 is 11.0. The lowest BCUT2D eigenvalue weighted by atomic mass is 9.61. The van der Waals surface area contributed by atoms with Gasteiger partial charge in [-0.1, -0.05) is 65.4 Å². The molecule has 37 heavy (non-hydrogen) atoms. The minimum absolute atomic E-state index is 0.0647. The van der Waals surface area contributed by atoms with E-state index in [4.69, 9.17) is 57.8 Å². The zero-order chi connectivity index (χ0) is 27.9. The maximum absolute atomic E-state index is 15.5. The Labute approximate surface area is 231 Å². The van der Waals surface area contributed by atoms with Crippen LogP contribution in [0.5, 0.6) is 5.75 Å². The molecule has 1 aliphatic heterocycles. The highest BCUT2D eigenvalue weighted by molar-refractivity contribution is 7.71. The van der Waals surface area contributed by atoms with Gasteiger partial charge in [0.2, 0.25) is 0 Å². The van der Waals surface area contributed by atoms with E-state index in [0.717, 1.165) is 5.56 Å². The van der Waals surface area contributed by atoms with Crippen LogP contribution >= 0.6 is 32.4 Å². The molecule has 1 aliphatic rings. The molecule has 0 spiro atoms. The second-order valence-corrected chi connectivity index (χ2v) is 13.0. The number of nitrogens with one attached hydrogen (secondary N) is 1. The number of rotatable bonds is 7. The minimum atomic E-state index is -2.08. The van der Waals surface area contributed by atoms with Gasteiger partial charge in [-0.2, -0.15) is 0 Å². The van der Waals surface area contributed by atoms with Gasteiger partial charge in [-0.15, -0.1) is 0 Å². The number of hydrogen-bond acceptors (Lipinski definition) is 6. The number of aromatic nitrogens is 2. The number of halogens is 2. The molecule has 198 valence electrons. The van der Waals surface area contributed by atoms with Gasteiger partial charge in [-0.25, -0.2) is 9.18 Å². The number of methoxy groups -OCH3 is 1. The Morgan fingerprint density at radius 2 is 1.86 bits per heavy atom. The molecule has 0 aliphatic carbocycles. The normalized spacial score (nSPS) is 17.3. The Morgan fingerprint density at radius 3 is 2.43 bits per heavy atom. The summed E-state index contributed by atoms with van der Waals surface area (Å²) in [7, 11) is 11.9. The molecule has 2 heterocycles. The van der Waals surface area contributed by atoms with Crippen LogP contribution in [0.4, 0.5) is 4.39 Å². The zero-order valence-corrected chi connectivity index (χ0v) is 24.6. The Hall–Kier alpha value is -1.22. The Balaban J connectivity index is 1.83. The molecule has 0 saturated carbocycles. The largest absolute Gasteiger partial charge is 0.426 e. The molecule has 13 heteroatoms. The molecule has 0 saturated heterocycles. The number of H-pyrrole nitrogens is 1. The van der Waals surface area contributed by atoms with Crippen LogP contribution in [0.25, 0.3) is 0 Å². The quantitative estimate of drug-likeness (QED) is 0.270. The Bertz CT molecular complexity index is 1280. The molecular formula is C24H31B2ClFN2O5PS. The lowest BCUT2D eigenvalue weighted by molar-refractivity contribution is 0.000857. The zero-order valence-electron chi connectivity index (χ0n) is 22.1. The Morgan fingerprint density at radius 1 is 1.24 bits per heavy atom. The third-order valence-electron chi connectivity index (χ3n) is 6.02. The van der Waals surface area contributed by atoms with Crippen LogP contribution in [0, 0.1) is 10.5 Å². The van der Waals surface area contributed by atoms with Gasteiger partial charge in [-0.3, -0.25) is 14.1 Å². The highest BCUT2D eigenvalue weighted by Gasteiger charge is 2.39. The van der Waals surface area contributed by atoms with Crippen molar-refractivity contribution in [1.29, 1.82) is 0 Å². The lowest BCUT2D eigenvalue weighted by Gasteiger charge is -2.39. The molecule has 3 rings (SSSR count). The molecule has 2 atom stereocenters. The monoisotopic (exact) mass is 566 g/mol. The second-order valence-electron chi connectivity index (χ2n) is 11.1. The number of ether oxygens (including phenoxy) is 1. The first kappa shape index (κ1) is 30.3. The van der Waals surface area contributed by atoms with Crippen LogP contribution in [-0.2, 0) is 37.8 Å². The topological polar surface area (TPSA) is 74.7 Å². The second kappa shape index (κ2) is 11.1. The van der Waals surface area contributed by atoms with E-state index in [2.05, 4.69) is 4.98 Å². The van der Waals surface area contributed by atoms with Crippen molar-refractivity contribution in [2.45, 2.75) is 83.4 Å². The van der Waals surface area contributed by atoms with Gasteiger partial charge >= 0.3 is 14.3 Å². The van der Waals surface area contributed by atoms with Gasteiger partial charge < -0.3 is 13.8 Å². The van der Waals surface area contributed by atoms with E-state index in [1.807, 2.05) is 47.6 Å². The highest BCUT2D eigenvalue weighted by atomic mass is 35.5. The van der Waals surface area contributed by atoms with Crippen LogP contribution < -0.4 is 10.2 Å². The molecule has 7 nitrogen and oxygen atoms in total. The number of benzene rings is 1. The Kier molecular flexibility index (Phi) is 9.10. The summed E-state index contributed by atoms with van der Waals surface area (Å²) in [5, 5.41) is -1.62. The predicted octanol–water partition coefficient (Wildman–Crippen LogP) is 5.54. The van der Waals surface area contributed by atoms with Gasteiger partial charge in [0.15, 0.2) is 0 Å². The van der Waals surface area contributed by atoms with E-state index in [9.17, 15) is 4.79 Å². The van der Waals surface area contributed by atoms with Crippen molar-refractivity contribution in [3.63, 3.8) is 0 Å². The summed E-state index contributed by atoms with van der Waals surface area (Å²) in [4.78, 5) is 14.7. The summed E-state index contributed by atoms with van der Waals surface area (Å²) < 4.78 is 40.1. The number of hydrogen-bond donors (Lipinski definition) is 1. The van der Waals surface area contributed by atoms with Gasteiger partial charge in [0.05, 0.1) is 23.3 Å². The molecule has 4 radical (unpaired) electrons. The summed E-state index contributed by atoms with van der Waals surface area (Å²) in [5.74, 6) is 0.0125. The van der Waals surface area contributed by atoms with Gasteiger partial charge in [-0.05, 0) is 28.9 Å². The van der Waals surface area contributed by atoms with Crippen LogP contribution in [0.3, 0.4) is 0 Å². The fourth-order valence-electron chi connectivity index (χ4n) is 3.92. The highest BCUT2D eigenvalue weighted by Crippen LogP contribution is 2.54. The van der Waals surface area contributed by atoms with Crippen molar-refractivity contribution in [3.8, 4) is 5.75 Å². The van der Waals surface area contributed by atoms with E-state index in [1.165, 1.54) is 17.9 Å². The fraction of sp³-hybridized carbons (Fsp3) is 0.583. The maximum atomic E-state index is 15.5. The van der Waals surface area contributed by atoms with Crippen molar-refractivity contribution in [2.75, 3.05) is 7.11 Å². The van der Waals surface area contributed by atoms with Gasteiger partial charge in [0.25, 0.3) is 0 Å². The smallest absolute Gasteiger partial charge is 0.396 e.